The van der Waals surface area contributed by atoms with Gasteiger partial charge in [-0.2, -0.15) is 5.10 Å². The molecule has 0 aromatic carbocycles. The fraction of sp³-hybridized carbons (Fsp3) is 0.688. The van der Waals surface area contributed by atoms with Crippen LogP contribution in [-0.4, -0.2) is 52.2 Å². The first-order valence-electron chi connectivity index (χ1n) is 8.33. The van der Waals surface area contributed by atoms with E-state index in [0.717, 1.165) is 43.1 Å². The van der Waals surface area contributed by atoms with E-state index in [1.807, 2.05) is 30.4 Å². The van der Waals surface area contributed by atoms with Crippen molar-refractivity contribution in [1.82, 2.24) is 20.0 Å². The monoisotopic (exact) mass is 321 g/mol. The number of anilines is 1. The quantitative estimate of drug-likeness (QED) is 0.821. The predicted molar refractivity (Wildman–Crippen MR) is 89.3 cm³/mol. The molecule has 2 N–H and O–H groups in total. The van der Waals surface area contributed by atoms with E-state index in [1.165, 1.54) is 0 Å². The van der Waals surface area contributed by atoms with Gasteiger partial charge in [0.25, 0.3) is 0 Å². The fourth-order valence-corrected chi connectivity index (χ4v) is 3.04. The number of carbonyl (C=O) groups excluding carboxylic acids is 2. The van der Waals surface area contributed by atoms with E-state index in [9.17, 15) is 9.59 Å². The van der Waals surface area contributed by atoms with Crippen LogP contribution in [0.4, 0.5) is 5.69 Å². The van der Waals surface area contributed by atoms with E-state index in [1.54, 1.807) is 0 Å². The van der Waals surface area contributed by atoms with Crippen LogP contribution in [0.25, 0.3) is 0 Å². The lowest BCUT2D eigenvalue weighted by Crippen LogP contribution is -2.56. The van der Waals surface area contributed by atoms with Gasteiger partial charge in [-0.15, -0.1) is 0 Å². The fourth-order valence-electron chi connectivity index (χ4n) is 3.04. The first kappa shape index (κ1) is 17.5. The smallest absolute Gasteiger partial charge is 0.237 e. The van der Waals surface area contributed by atoms with E-state index in [0.29, 0.717) is 6.54 Å². The lowest BCUT2D eigenvalue weighted by molar-refractivity contribution is -0.132. The van der Waals surface area contributed by atoms with Crippen LogP contribution in [0.2, 0.25) is 0 Å². The molecule has 1 unspecified atom stereocenters. The Morgan fingerprint density at radius 2 is 2.13 bits per heavy atom. The zero-order valence-electron chi connectivity index (χ0n) is 14.5. The van der Waals surface area contributed by atoms with E-state index in [-0.39, 0.29) is 24.3 Å². The van der Waals surface area contributed by atoms with Crippen LogP contribution in [0.3, 0.4) is 0 Å². The van der Waals surface area contributed by atoms with Crippen molar-refractivity contribution in [1.29, 1.82) is 0 Å². The number of likely N-dealkylation sites (N-methyl/N-ethyl adjacent to an activating group) is 1. The van der Waals surface area contributed by atoms with Gasteiger partial charge < -0.3 is 10.6 Å². The van der Waals surface area contributed by atoms with Crippen molar-refractivity contribution >= 4 is 17.5 Å². The van der Waals surface area contributed by atoms with Crippen molar-refractivity contribution in [2.75, 3.05) is 25.0 Å². The van der Waals surface area contributed by atoms with E-state index in [2.05, 4.69) is 22.7 Å². The van der Waals surface area contributed by atoms with Crippen LogP contribution in [0.1, 0.15) is 38.1 Å². The van der Waals surface area contributed by atoms with E-state index < -0.39 is 0 Å². The summed E-state index contributed by atoms with van der Waals surface area (Å²) in [5.41, 5.74) is 2.53. The molecule has 0 bridgehead atoms. The summed E-state index contributed by atoms with van der Waals surface area (Å²) in [4.78, 5) is 26.5. The highest BCUT2D eigenvalue weighted by Crippen LogP contribution is 2.20. The molecule has 128 valence electrons. The normalized spacial score (nSPS) is 18.8. The topological polar surface area (TPSA) is 79.3 Å². The maximum atomic E-state index is 12.4. The molecule has 0 aliphatic carbocycles. The molecule has 2 rings (SSSR count). The largest absolute Gasteiger partial charge is 0.353 e. The second-order valence-electron chi connectivity index (χ2n) is 5.96. The molecule has 1 saturated heterocycles. The van der Waals surface area contributed by atoms with Crippen molar-refractivity contribution in [3.63, 3.8) is 0 Å². The lowest BCUT2D eigenvalue weighted by atomic mass is 10.1. The average Bonchev–Trinajstić information content (AvgIpc) is 2.77. The molecule has 1 aliphatic rings. The molecule has 23 heavy (non-hydrogen) atoms. The number of piperazine rings is 1. The Labute approximate surface area is 137 Å². The van der Waals surface area contributed by atoms with Gasteiger partial charge in [-0.1, -0.05) is 13.8 Å². The Morgan fingerprint density at radius 3 is 2.78 bits per heavy atom. The first-order chi connectivity index (χ1) is 11.0. The molecule has 2 amide bonds. The molecule has 1 aliphatic heterocycles. The number of hydrogen-bond acceptors (Lipinski definition) is 4. The van der Waals surface area contributed by atoms with Gasteiger partial charge in [-0.25, -0.2) is 0 Å². The minimum absolute atomic E-state index is 0.0663. The van der Waals surface area contributed by atoms with Crippen LogP contribution in [0.15, 0.2) is 0 Å². The third-order valence-corrected chi connectivity index (χ3v) is 4.31. The van der Waals surface area contributed by atoms with Gasteiger partial charge in [-0.3, -0.25) is 19.2 Å². The number of rotatable bonds is 6. The van der Waals surface area contributed by atoms with Crippen LogP contribution >= 0.6 is 0 Å². The summed E-state index contributed by atoms with van der Waals surface area (Å²) in [5, 5.41) is 10.2. The molecular weight excluding hydrogens is 294 g/mol. The number of nitrogens with zero attached hydrogens (tertiary/aromatic N) is 3. The Hall–Kier alpha value is -1.89. The van der Waals surface area contributed by atoms with Gasteiger partial charge in [0, 0.05) is 19.6 Å². The van der Waals surface area contributed by atoms with Crippen molar-refractivity contribution in [3.05, 3.63) is 11.4 Å². The molecule has 1 aromatic rings. The SMILES string of the molecule is CCCn1nc(C)c(NC(=O)CC2C(=O)NCCN2CC)c1C. The molecular formula is C16H27N5O2. The molecule has 0 spiro atoms. The Morgan fingerprint density at radius 1 is 1.39 bits per heavy atom. The van der Waals surface area contributed by atoms with Gasteiger partial charge in [0.15, 0.2) is 0 Å². The van der Waals surface area contributed by atoms with Gasteiger partial charge in [0.1, 0.15) is 0 Å². The molecule has 0 radical (unpaired) electrons. The standard InChI is InChI=1S/C16H27N5O2/c1-5-8-21-12(4)15(11(3)19-21)18-14(22)10-13-16(23)17-7-9-20(13)6-2/h13H,5-10H2,1-4H3,(H,17,23)(H,18,22). The molecule has 1 fully saturated rings. The van der Waals surface area contributed by atoms with E-state index in [4.69, 9.17) is 0 Å². The molecule has 1 atom stereocenters. The van der Waals surface area contributed by atoms with Gasteiger partial charge in [0.2, 0.25) is 11.8 Å². The number of amides is 2. The van der Waals surface area contributed by atoms with Gasteiger partial charge in [0.05, 0.1) is 29.5 Å². The summed E-state index contributed by atoms with van der Waals surface area (Å²) in [5.74, 6) is -0.212. The average molecular weight is 321 g/mol. The van der Waals surface area contributed by atoms with Crippen molar-refractivity contribution in [2.45, 2.75) is 53.1 Å². The third kappa shape index (κ3) is 3.90. The number of aryl methyl sites for hydroxylation is 2. The minimum Gasteiger partial charge on any atom is -0.353 e. The predicted octanol–water partition coefficient (Wildman–Crippen LogP) is 1.06. The number of carbonyl (C=O) groups is 2. The third-order valence-electron chi connectivity index (χ3n) is 4.31. The zero-order chi connectivity index (χ0) is 17.0. The summed E-state index contributed by atoms with van der Waals surface area (Å²) >= 11 is 0. The molecule has 7 nitrogen and oxygen atoms in total. The highest BCUT2D eigenvalue weighted by molar-refractivity contribution is 5.96. The van der Waals surface area contributed by atoms with Gasteiger partial charge >= 0.3 is 0 Å². The zero-order valence-corrected chi connectivity index (χ0v) is 14.5. The summed E-state index contributed by atoms with van der Waals surface area (Å²) in [6.45, 7) is 11.0. The number of hydrogen-bond donors (Lipinski definition) is 2. The molecule has 7 heteroatoms. The Bertz CT molecular complexity index is 581. The summed E-state index contributed by atoms with van der Waals surface area (Å²) in [6, 6.07) is -0.389. The van der Waals surface area contributed by atoms with Crippen LogP contribution in [0, 0.1) is 13.8 Å². The minimum atomic E-state index is -0.389. The number of nitrogens with one attached hydrogen (secondary N) is 2. The second-order valence-corrected chi connectivity index (χ2v) is 5.96. The number of aromatic nitrogens is 2. The molecule has 0 saturated carbocycles. The maximum absolute atomic E-state index is 12.4. The second kappa shape index (κ2) is 7.59. The van der Waals surface area contributed by atoms with Crippen molar-refractivity contribution < 1.29 is 9.59 Å². The van der Waals surface area contributed by atoms with Crippen molar-refractivity contribution in [3.8, 4) is 0 Å². The van der Waals surface area contributed by atoms with Crippen LogP contribution < -0.4 is 10.6 Å². The van der Waals surface area contributed by atoms with Gasteiger partial charge in [-0.05, 0) is 26.8 Å². The summed E-state index contributed by atoms with van der Waals surface area (Å²) in [7, 11) is 0. The Balaban J connectivity index is 2.06. The van der Waals surface area contributed by atoms with Crippen molar-refractivity contribution in [2.24, 2.45) is 0 Å². The summed E-state index contributed by atoms with van der Waals surface area (Å²) < 4.78 is 1.91. The maximum Gasteiger partial charge on any atom is 0.237 e. The van der Waals surface area contributed by atoms with E-state index >= 15 is 0 Å². The van der Waals surface area contributed by atoms with Crippen LogP contribution in [0.5, 0.6) is 0 Å². The molecule has 2 heterocycles. The highest BCUT2D eigenvalue weighted by Gasteiger charge is 2.30. The lowest BCUT2D eigenvalue weighted by Gasteiger charge is -2.33. The summed E-state index contributed by atoms with van der Waals surface area (Å²) in [6.07, 6.45) is 1.15. The highest BCUT2D eigenvalue weighted by atomic mass is 16.2. The van der Waals surface area contributed by atoms with Crippen LogP contribution in [-0.2, 0) is 16.1 Å². The first-order valence-corrected chi connectivity index (χ1v) is 8.33. The molecule has 1 aromatic heterocycles. The Kier molecular flexibility index (Phi) is 5.76.